The average Bonchev–Trinajstić information content (AvgIpc) is 2.65. The summed E-state index contributed by atoms with van der Waals surface area (Å²) in [5, 5.41) is 0.952. The summed E-state index contributed by atoms with van der Waals surface area (Å²) in [6, 6.07) is 13.1. The molecule has 132 valence electrons. The molecular weight excluding hydrogens is 326 g/mol. The Morgan fingerprint density at radius 2 is 1.69 bits per heavy atom. The number of hydrogen-bond donors (Lipinski definition) is 0. The van der Waals surface area contributed by atoms with Crippen molar-refractivity contribution in [2.75, 3.05) is 19.0 Å². The van der Waals surface area contributed by atoms with Crippen molar-refractivity contribution in [3.8, 4) is 0 Å². The zero-order chi connectivity index (χ0) is 18.7. The molecule has 0 saturated heterocycles. The molecule has 0 unspecified atom stereocenters. The summed E-state index contributed by atoms with van der Waals surface area (Å²) in [6.45, 7) is 2.03. The number of carbonyl (C=O) groups excluding carboxylic acids is 1. The van der Waals surface area contributed by atoms with Crippen LogP contribution in [0, 0.1) is 0 Å². The van der Waals surface area contributed by atoms with Crippen LogP contribution in [-0.2, 0) is 6.42 Å². The summed E-state index contributed by atoms with van der Waals surface area (Å²) >= 11 is 0. The zero-order valence-electron chi connectivity index (χ0n) is 15.2. The monoisotopic (exact) mass is 347 g/mol. The highest BCUT2D eigenvalue weighted by Crippen LogP contribution is 2.26. The Hall–Kier alpha value is -3.14. The lowest BCUT2D eigenvalue weighted by Gasteiger charge is -2.14. The number of benzene rings is 2. The van der Waals surface area contributed by atoms with Gasteiger partial charge in [-0.3, -0.25) is 4.79 Å². The molecule has 0 aliphatic rings. The highest BCUT2D eigenvalue weighted by atomic mass is 16.4. The van der Waals surface area contributed by atoms with Crippen molar-refractivity contribution in [3.63, 3.8) is 0 Å². The minimum Gasteiger partial charge on any atom is -0.422 e. The number of carbonyl (C=O) groups is 1. The van der Waals surface area contributed by atoms with Crippen LogP contribution in [0.25, 0.3) is 23.1 Å². The topological polar surface area (TPSA) is 50.5 Å². The van der Waals surface area contributed by atoms with E-state index in [0.29, 0.717) is 16.7 Å². The number of fused-ring (bicyclic) bond motifs is 1. The second-order valence-corrected chi connectivity index (χ2v) is 6.33. The SMILES string of the molecule is CCc1c(/C=C/c2ccc(C=O)cc2)c(=O)oc2cc(N(C)C)ccc12. The first kappa shape index (κ1) is 17.7. The predicted molar refractivity (Wildman–Crippen MR) is 107 cm³/mol. The van der Waals surface area contributed by atoms with Gasteiger partial charge in [0.25, 0.3) is 0 Å². The molecule has 3 aromatic rings. The van der Waals surface area contributed by atoms with Crippen molar-refractivity contribution in [1.29, 1.82) is 0 Å². The summed E-state index contributed by atoms with van der Waals surface area (Å²) < 4.78 is 5.57. The fourth-order valence-corrected chi connectivity index (χ4v) is 2.96. The second kappa shape index (κ2) is 7.40. The van der Waals surface area contributed by atoms with E-state index in [0.717, 1.165) is 34.9 Å². The van der Waals surface area contributed by atoms with Crippen LogP contribution in [-0.4, -0.2) is 20.4 Å². The Morgan fingerprint density at radius 3 is 2.31 bits per heavy atom. The molecule has 0 fully saturated rings. The summed E-state index contributed by atoms with van der Waals surface area (Å²) in [5.41, 5.74) is 4.33. The molecule has 1 aromatic heterocycles. The van der Waals surface area contributed by atoms with Crippen LogP contribution in [0.5, 0.6) is 0 Å². The summed E-state index contributed by atoms with van der Waals surface area (Å²) in [5.74, 6) is 0. The van der Waals surface area contributed by atoms with E-state index in [4.69, 9.17) is 4.42 Å². The molecule has 4 heteroatoms. The summed E-state index contributed by atoms with van der Waals surface area (Å²) in [6.07, 6.45) is 5.19. The van der Waals surface area contributed by atoms with Crippen LogP contribution in [0.15, 0.2) is 51.7 Å². The van der Waals surface area contributed by atoms with Crippen molar-refractivity contribution in [2.45, 2.75) is 13.3 Å². The van der Waals surface area contributed by atoms with Crippen LogP contribution >= 0.6 is 0 Å². The second-order valence-electron chi connectivity index (χ2n) is 6.33. The molecule has 3 rings (SSSR count). The first-order chi connectivity index (χ1) is 12.5. The molecule has 0 radical (unpaired) electrons. The highest BCUT2D eigenvalue weighted by molar-refractivity contribution is 5.87. The van der Waals surface area contributed by atoms with Gasteiger partial charge < -0.3 is 9.32 Å². The van der Waals surface area contributed by atoms with Gasteiger partial charge in [0.05, 0.1) is 5.56 Å². The van der Waals surface area contributed by atoms with E-state index in [9.17, 15) is 9.59 Å². The van der Waals surface area contributed by atoms with E-state index in [1.807, 2.05) is 62.3 Å². The summed E-state index contributed by atoms with van der Waals surface area (Å²) in [7, 11) is 3.90. The first-order valence-electron chi connectivity index (χ1n) is 8.54. The molecule has 0 spiro atoms. The molecule has 1 heterocycles. The first-order valence-corrected chi connectivity index (χ1v) is 8.54. The van der Waals surface area contributed by atoms with Gasteiger partial charge in [-0.05, 0) is 35.8 Å². The number of nitrogens with zero attached hydrogens (tertiary/aromatic N) is 1. The van der Waals surface area contributed by atoms with Gasteiger partial charge in [0.2, 0.25) is 0 Å². The molecule has 2 aromatic carbocycles. The van der Waals surface area contributed by atoms with Gasteiger partial charge in [-0.25, -0.2) is 4.79 Å². The fourth-order valence-electron chi connectivity index (χ4n) is 2.96. The Bertz CT molecular complexity index is 1030. The lowest BCUT2D eigenvalue weighted by molar-refractivity contribution is 0.112. The standard InChI is InChI=1S/C22H21NO3/c1-4-18-19-12-10-17(23(2)3)13-21(19)26-22(25)20(18)11-9-15-5-7-16(14-24)8-6-15/h5-14H,4H2,1-3H3/b11-9+. The number of hydrogen-bond acceptors (Lipinski definition) is 4. The lowest BCUT2D eigenvalue weighted by Crippen LogP contribution is -2.10. The quantitative estimate of drug-likeness (QED) is 0.507. The van der Waals surface area contributed by atoms with Crippen molar-refractivity contribution < 1.29 is 9.21 Å². The third-order valence-electron chi connectivity index (χ3n) is 4.42. The van der Waals surface area contributed by atoms with Crippen LogP contribution < -0.4 is 10.5 Å². The third kappa shape index (κ3) is 3.45. The zero-order valence-corrected chi connectivity index (χ0v) is 15.2. The molecule has 4 nitrogen and oxygen atoms in total. The molecular formula is C22H21NO3. The molecule has 0 aliphatic carbocycles. The van der Waals surface area contributed by atoms with E-state index in [2.05, 4.69) is 0 Å². The minimum absolute atomic E-state index is 0.342. The average molecular weight is 347 g/mol. The smallest absolute Gasteiger partial charge is 0.343 e. The Kier molecular flexibility index (Phi) is 5.03. The number of aldehydes is 1. The van der Waals surface area contributed by atoms with E-state index in [1.165, 1.54) is 0 Å². The largest absolute Gasteiger partial charge is 0.422 e. The van der Waals surface area contributed by atoms with Crippen LogP contribution in [0.4, 0.5) is 5.69 Å². The van der Waals surface area contributed by atoms with Gasteiger partial charge in [0, 0.05) is 36.8 Å². The maximum atomic E-state index is 12.5. The highest BCUT2D eigenvalue weighted by Gasteiger charge is 2.12. The molecule has 0 atom stereocenters. The predicted octanol–water partition coefficient (Wildman–Crippen LogP) is 4.40. The number of aryl methyl sites for hydroxylation is 1. The van der Waals surface area contributed by atoms with E-state index >= 15 is 0 Å². The van der Waals surface area contributed by atoms with Crippen LogP contribution in [0.1, 0.15) is 34.0 Å². The van der Waals surface area contributed by atoms with Crippen molar-refractivity contribution in [3.05, 3.63) is 75.1 Å². The van der Waals surface area contributed by atoms with Gasteiger partial charge in [0.1, 0.15) is 11.9 Å². The van der Waals surface area contributed by atoms with Crippen molar-refractivity contribution in [2.24, 2.45) is 0 Å². The maximum Gasteiger partial charge on any atom is 0.343 e. The van der Waals surface area contributed by atoms with E-state index in [-0.39, 0.29) is 5.63 Å². The van der Waals surface area contributed by atoms with Crippen LogP contribution in [0.3, 0.4) is 0 Å². The maximum absolute atomic E-state index is 12.5. The van der Waals surface area contributed by atoms with Gasteiger partial charge in [-0.15, -0.1) is 0 Å². The molecule has 0 saturated carbocycles. The molecule has 26 heavy (non-hydrogen) atoms. The lowest BCUT2D eigenvalue weighted by atomic mass is 10.0. The molecule has 0 N–H and O–H groups in total. The van der Waals surface area contributed by atoms with Crippen molar-refractivity contribution in [1.82, 2.24) is 0 Å². The number of anilines is 1. The summed E-state index contributed by atoms with van der Waals surface area (Å²) in [4.78, 5) is 25.3. The van der Waals surface area contributed by atoms with E-state index in [1.54, 1.807) is 18.2 Å². The molecule has 0 bridgehead atoms. The Morgan fingerprint density at radius 1 is 1.00 bits per heavy atom. The molecule has 0 amide bonds. The Labute approximate surface area is 152 Å². The van der Waals surface area contributed by atoms with Crippen LogP contribution in [0.2, 0.25) is 0 Å². The van der Waals surface area contributed by atoms with Gasteiger partial charge in [0.15, 0.2) is 0 Å². The van der Waals surface area contributed by atoms with Crippen molar-refractivity contribution >= 4 is 35.1 Å². The Balaban J connectivity index is 2.08. The molecule has 0 aliphatic heterocycles. The van der Waals surface area contributed by atoms with Gasteiger partial charge >= 0.3 is 5.63 Å². The fraction of sp³-hybridized carbons (Fsp3) is 0.182. The van der Waals surface area contributed by atoms with E-state index < -0.39 is 0 Å². The van der Waals surface area contributed by atoms with Gasteiger partial charge in [-0.1, -0.05) is 37.3 Å². The third-order valence-corrected chi connectivity index (χ3v) is 4.42. The minimum atomic E-state index is -0.342. The normalized spacial score (nSPS) is 11.2. The number of rotatable bonds is 5. The van der Waals surface area contributed by atoms with Gasteiger partial charge in [-0.2, -0.15) is 0 Å².